The molecule has 2 aliphatic rings. The van der Waals surface area contributed by atoms with E-state index in [0.717, 1.165) is 12.8 Å². The van der Waals surface area contributed by atoms with Gasteiger partial charge in [0.05, 0.1) is 11.7 Å². The highest BCUT2D eigenvalue weighted by atomic mass is 16.2. The maximum absolute atomic E-state index is 13.0. The molecule has 0 aromatic rings. The van der Waals surface area contributed by atoms with E-state index < -0.39 is 0 Å². The fraction of sp³-hybridized carbons (Fsp3) is 0.944. The van der Waals surface area contributed by atoms with Crippen molar-refractivity contribution in [3.8, 4) is 0 Å². The Morgan fingerprint density at radius 2 is 1.95 bits per heavy atom. The summed E-state index contributed by atoms with van der Waals surface area (Å²) in [6.07, 6.45) is 11.3. The number of hydrogen-bond donors (Lipinski definition) is 1. The summed E-state index contributed by atoms with van der Waals surface area (Å²) in [6, 6.07) is 0.371. The van der Waals surface area contributed by atoms with Gasteiger partial charge in [-0.15, -0.1) is 0 Å². The molecule has 21 heavy (non-hydrogen) atoms. The van der Waals surface area contributed by atoms with Crippen LogP contribution in [0, 0.1) is 5.92 Å². The topological polar surface area (TPSA) is 32.3 Å². The largest absolute Gasteiger partial charge is 0.323 e. The van der Waals surface area contributed by atoms with Crippen LogP contribution in [0.1, 0.15) is 85.5 Å². The monoisotopic (exact) mass is 294 g/mol. The van der Waals surface area contributed by atoms with Crippen LogP contribution in [0.4, 0.5) is 0 Å². The lowest BCUT2D eigenvalue weighted by Crippen LogP contribution is -2.47. The van der Waals surface area contributed by atoms with E-state index in [1.165, 1.54) is 44.9 Å². The number of carbonyl (C=O) groups is 1. The van der Waals surface area contributed by atoms with Crippen LogP contribution >= 0.6 is 0 Å². The fourth-order valence-electron chi connectivity index (χ4n) is 4.04. The molecule has 2 rings (SSSR count). The molecule has 0 radical (unpaired) electrons. The maximum Gasteiger partial charge on any atom is 0.244 e. The molecule has 1 amide bonds. The van der Waals surface area contributed by atoms with Crippen molar-refractivity contribution in [2.45, 2.75) is 103 Å². The van der Waals surface area contributed by atoms with Gasteiger partial charge >= 0.3 is 0 Å². The number of hydrogen-bond acceptors (Lipinski definition) is 2. The molecule has 1 aliphatic carbocycles. The van der Waals surface area contributed by atoms with Crippen LogP contribution in [0.5, 0.6) is 0 Å². The van der Waals surface area contributed by atoms with Crippen LogP contribution in [0.3, 0.4) is 0 Å². The Balaban J connectivity index is 2.10. The van der Waals surface area contributed by atoms with Crippen molar-refractivity contribution in [2.75, 3.05) is 0 Å². The van der Waals surface area contributed by atoms with Crippen molar-refractivity contribution in [3.63, 3.8) is 0 Å². The molecule has 1 heterocycles. The maximum atomic E-state index is 13.0. The molecule has 1 saturated heterocycles. The smallest absolute Gasteiger partial charge is 0.244 e. The average molecular weight is 294 g/mol. The van der Waals surface area contributed by atoms with Gasteiger partial charge in [-0.25, -0.2) is 0 Å². The second-order valence-electron chi connectivity index (χ2n) is 7.38. The van der Waals surface area contributed by atoms with Crippen LogP contribution in [0.2, 0.25) is 0 Å². The van der Waals surface area contributed by atoms with Gasteiger partial charge in [-0.2, -0.15) is 0 Å². The third kappa shape index (κ3) is 3.44. The summed E-state index contributed by atoms with van der Waals surface area (Å²) in [5.41, 5.74) is -0.341. The third-order valence-electron chi connectivity index (χ3n) is 5.73. The van der Waals surface area contributed by atoms with E-state index in [0.29, 0.717) is 17.9 Å². The van der Waals surface area contributed by atoms with Crippen LogP contribution in [-0.2, 0) is 4.79 Å². The minimum absolute atomic E-state index is 0.279. The normalized spacial score (nSPS) is 32.1. The number of nitrogens with one attached hydrogen (secondary N) is 1. The Kier molecular flexibility index (Phi) is 5.70. The quantitative estimate of drug-likeness (QED) is 0.718. The van der Waals surface area contributed by atoms with Crippen LogP contribution in [-0.4, -0.2) is 28.6 Å². The number of rotatable bonds is 7. The molecule has 2 fully saturated rings. The summed E-state index contributed by atoms with van der Waals surface area (Å²) in [6.45, 7) is 8.71. The molecule has 1 N–H and O–H groups in total. The second kappa shape index (κ2) is 7.13. The molecule has 3 atom stereocenters. The number of nitrogens with zero attached hydrogens (tertiary/aromatic N) is 1. The Labute approximate surface area is 130 Å². The Bertz CT molecular complexity index is 351. The first kappa shape index (κ1) is 16.8. The molecule has 0 spiro atoms. The Morgan fingerprint density at radius 3 is 2.52 bits per heavy atom. The van der Waals surface area contributed by atoms with Gasteiger partial charge in [0.1, 0.15) is 0 Å². The highest BCUT2D eigenvalue weighted by Gasteiger charge is 2.50. The number of carbonyl (C=O) groups excluding carboxylic acids is 1. The van der Waals surface area contributed by atoms with Gasteiger partial charge in [-0.3, -0.25) is 10.1 Å². The zero-order chi connectivity index (χ0) is 15.5. The van der Waals surface area contributed by atoms with Crippen LogP contribution in [0.25, 0.3) is 0 Å². The highest BCUT2D eigenvalue weighted by Crippen LogP contribution is 2.37. The lowest BCUT2D eigenvalue weighted by molar-refractivity contribution is -0.135. The summed E-state index contributed by atoms with van der Waals surface area (Å²) in [7, 11) is 0. The van der Waals surface area contributed by atoms with Gasteiger partial charge in [-0.1, -0.05) is 46.0 Å². The zero-order valence-corrected chi connectivity index (χ0v) is 14.5. The van der Waals surface area contributed by atoms with Crippen molar-refractivity contribution in [1.82, 2.24) is 10.2 Å². The van der Waals surface area contributed by atoms with Crippen molar-refractivity contribution in [1.29, 1.82) is 0 Å². The Morgan fingerprint density at radius 1 is 1.29 bits per heavy atom. The minimum Gasteiger partial charge on any atom is -0.323 e. The Hall–Kier alpha value is -0.570. The zero-order valence-electron chi connectivity index (χ0n) is 14.5. The molecular weight excluding hydrogens is 260 g/mol. The van der Waals surface area contributed by atoms with E-state index >= 15 is 0 Å². The molecule has 3 heteroatoms. The first-order valence-corrected chi connectivity index (χ1v) is 9.14. The lowest BCUT2D eigenvalue weighted by Gasteiger charge is -2.34. The minimum atomic E-state index is -0.341. The van der Waals surface area contributed by atoms with E-state index in [4.69, 9.17) is 0 Å². The van der Waals surface area contributed by atoms with E-state index in [2.05, 4.69) is 37.9 Å². The fourth-order valence-corrected chi connectivity index (χ4v) is 4.04. The SMILES string of the molecule is CCCCCC(C)N1C(=O)C(C)(CC)NC1C1CCCC1. The van der Waals surface area contributed by atoms with Crippen LogP contribution in [0.15, 0.2) is 0 Å². The van der Waals surface area contributed by atoms with Crippen molar-refractivity contribution < 1.29 is 4.79 Å². The summed E-state index contributed by atoms with van der Waals surface area (Å²) in [5, 5.41) is 3.71. The van der Waals surface area contributed by atoms with Crippen molar-refractivity contribution in [2.24, 2.45) is 5.92 Å². The molecule has 0 bridgehead atoms. The second-order valence-corrected chi connectivity index (χ2v) is 7.38. The number of amides is 1. The summed E-state index contributed by atoms with van der Waals surface area (Å²) < 4.78 is 0. The molecule has 1 aliphatic heterocycles. The summed E-state index contributed by atoms with van der Waals surface area (Å²) in [4.78, 5) is 15.2. The molecule has 0 aromatic heterocycles. The molecule has 122 valence electrons. The standard InChI is InChI=1S/C18H34N2O/c1-5-7-8-11-14(3)20-16(15-12-9-10-13-15)19-18(4,6-2)17(20)21/h14-16,19H,5-13H2,1-4H3. The van der Waals surface area contributed by atoms with Crippen LogP contribution < -0.4 is 5.32 Å². The molecule has 0 aromatic carbocycles. The molecular formula is C18H34N2O. The molecule has 3 unspecified atom stereocenters. The molecule has 3 nitrogen and oxygen atoms in total. The first-order chi connectivity index (χ1) is 10.0. The van der Waals surface area contributed by atoms with E-state index in [9.17, 15) is 4.79 Å². The van der Waals surface area contributed by atoms with Crippen molar-refractivity contribution in [3.05, 3.63) is 0 Å². The summed E-state index contributed by atoms with van der Waals surface area (Å²) >= 11 is 0. The van der Waals surface area contributed by atoms with Gasteiger partial charge in [0, 0.05) is 6.04 Å². The average Bonchev–Trinajstić information content (AvgIpc) is 3.07. The van der Waals surface area contributed by atoms with E-state index in [1.807, 2.05) is 0 Å². The summed E-state index contributed by atoms with van der Waals surface area (Å²) in [5.74, 6) is 1.00. The van der Waals surface area contributed by atoms with E-state index in [-0.39, 0.29) is 11.7 Å². The van der Waals surface area contributed by atoms with Gasteiger partial charge in [0.15, 0.2) is 0 Å². The molecule has 1 saturated carbocycles. The third-order valence-corrected chi connectivity index (χ3v) is 5.73. The first-order valence-electron chi connectivity index (χ1n) is 9.14. The van der Waals surface area contributed by atoms with Gasteiger partial charge < -0.3 is 4.90 Å². The van der Waals surface area contributed by atoms with Crippen molar-refractivity contribution >= 4 is 5.91 Å². The lowest BCUT2D eigenvalue weighted by atomic mass is 9.98. The predicted octanol–water partition coefficient (Wildman–Crippen LogP) is 4.07. The highest BCUT2D eigenvalue weighted by molar-refractivity contribution is 5.88. The van der Waals surface area contributed by atoms with Gasteiger partial charge in [-0.05, 0) is 45.4 Å². The number of unbranched alkanes of at least 4 members (excludes halogenated alkanes) is 2. The van der Waals surface area contributed by atoms with Gasteiger partial charge in [0.2, 0.25) is 5.91 Å². The predicted molar refractivity (Wildman–Crippen MR) is 88.0 cm³/mol. The van der Waals surface area contributed by atoms with E-state index in [1.54, 1.807) is 0 Å². The van der Waals surface area contributed by atoms with Gasteiger partial charge in [0.25, 0.3) is 0 Å².